The molecule has 1 heterocycles. The van der Waals surface area contributed by atoms with Gasteiger partial charge in [0.05, 0.1) is 7.11 Å². The van der Waals surface area contributed by atoms with Crippen molar-refractivity contribution in [1.29, 1.82) is 0 Å². The van der Waals surface area contributed by atoms with Crippen LogP contribution in [0.25, 0.3) is 10.8 Å². The fourth-order valence-electron chi connectivity index (χ4n) is 2.40. The average molecular weight is 283 g/mol. The van der Waals surface area contributed by atoms with E-state index in [9.17, 15) is 9.50 Å². The van der Waals surface area contributed by atoms with Crippen LogP contribution >= 0.6 is 0 Å². The first-order valence-electron chi connectivity index (χ1n) is 6.55. The second-order valence-electron chi connectivity index (χ2n) is 4.73. The number of pyridine rings is 1. The first-order chi connectivity index (χ1) is 10.2. The Morgan fingerprint density at radius 2 is 2.00 bits per heavy atom. The zero-order valence-electron chi connectivity index (χ0n) is 11.5. The van der Waals surface area contributed by atoms with Gasteiger partial charge in [-0.15, -0.1) is 0 Å². The van der Waals surface area contributed by atoms with Gasteiger partial charge in [-0.1, -0.05) is 18.2 Å². The van der Waals surface area contributed by atoms with Crippen LogP contribution in [-0.2, 0) is 0 Å². The summed E-state index contributed by atoms with van der Waals surface area (Å²) in [6, 6.07) is 11.8. The summed E-state index contributed by atoms with van der Waals surface area (Å²) in [5.74, 6) is -0.0780. The molecule has 0 spiro atoms. The molecule has 0 amide bonds. The lowest BCUT2D eigenvalue weighted by molar-refractivity contribution is 0.216. The highest BCUT2D eigenvalue weighted by Crippen LogP contribution is 2.31. The van der Waals surface area contributed by atoms with Crippen molar-refractivity contribution in [2.45, 2.75) is 6.10 Å². The number of aliphatic hydroxyl groups is 1. The van der Waals surface area contributed by atoms with Crippen LogP contribution in [0.4, 0.5) is 4.39 Å². The minimum Gasteiger partial charge on any atom is -0.497 e. The van der Waals surface area contributed by atoms with Crippen LogP contribution in [0.1, 0.15) is 17.2 Å². The lowest BCUT2D eigenvalue weighted by atomic mass is 9.96. The molecule has 1 N–H and O–H groups in total. The number of fused-ring (bicyclic) bond motifs is 1. The third kappa shape index (κ3) is 2.45. The van der Waals surface area contributed by atoms with Crippen molar-refractivity contribution >= 4 is 10.8 Å². The summed E-state index contributed by atoms with van der Waals surface area (Å²) in [6.07, 6.45) is 2.31. The van der Waals surface area contributed by atoms with E-state index < -0.39 is 11.9 Å². The number of hydrogen-bond acceptors (Lipinski definition) is 3. The Kier molecular flexibility index (Phi) is 3.54. The van der Waals surface area contributed by atoms with Gasteiger partial charge in [0, 0.05) is 29.4 Å². The second-order valence-corrected chi connectivity index (χ2v) is 4.73. The van der Waals surface area contributed by atoms with Gasteiger partial charge in [-0.2, -0.15) is 0 Å². The van der Waals surface area contributed by atoms with Crippen molar-refractivity contribution in [1.82, 2.24) is 4.98 Å². The summed E-state index contributed by atoms with van der Waals surface area (Å²) >= 11 is 0. The van der Waals surface area contributed by atoms with Crippen LogP contribution in [0.15, 0.2) is 54.9 Å². The molecule has 3 nitrogen and oxygen atoms in total. The van der Waals surface area contributed by atoms with E-state index in [1.54, 1.807) is 24.5 Å². The molecule has 0 saturated carbocycles. The third-order valence-corrected chi connectivity index (χ3v) is 3.51. The number of aromatic nitrogens is 1. The number of benzene rings is 2. The van der Waals surface area contributed by atoms with Crippen molar-refractivity contribution in [2.75, 3.05) is 7.11 Å². The normalized spacial score (nSPS) is 12.3. The van der Waals surface area contributed by atoms with Crippen molar-refractivity contribution in [2.24, 2.45) is 0 Å². The lowest BCUT2D eigenvalue weighted by Gasteiger charge is -2.15. The SMILES string of the molecule is COc1ccc(C(O)c2cccc3ccncc23)c(F)c1. The molecule has 0 aliphatic carbocycles. The summed E-state index contributed by atoms with van der Waals surface area (Å²) in [6.45, 7) is 0. The van der Waals surface area contributed by atoms with E-state index in [4.69, 9.17) is 4.74 Å². The molecule has 1 unspecified atom stereocenters. The molecule has 0 aliphatic rings. The van der Waals surface area contributed by atoms with Gasteiger partial charge < -0.3 is 9.84 Å². The molecule has 2 aromatic carbocycles. The number of halogens is 1. The number of aliphatic hydroxyl groups excluding tert-OH is 1. The molecular weight excluding hydrogens is 269 g/mol. The first-order valence-corrected chi connectivity index (χ1v) is 6.55. The highest BCUT2D eigenvalue weighted by molar-refractivity contribution is 5.85. The minimum absolute atomic E-state index is 0.215. The fraction of sp³-hybridized carbons (Fsp3) is 0.118. The van der Waals surface area contributed by atoms with Gasteiger partial charge in [-0.3, -0.25) is 4.98 Å². The maximum atomic E-state index is 14.1. The van der Waals surface area contributed by atoms with Gasteiger partial charge in [0.15, 0.2) is 0 Å². The molecule has 1 aromatic heterocycles. The van der Waals surface area contributed by atoms with E-state index in [-0.39, 0.29) is 5.56 Å². The Morgan fingerprint density at radius 3 is 2.76 bits per heavy atom. The second kappa shape index (κ2) is 5.50. The van der Waals surface area contributed by atoms with Crippen molar-refractivity contribution in [3.8, 4) is 5.75 Å². The largest absolute Gasteiger partial charge is 0.497 e. The summed E-state index contributed by atoms with van der Waals surface area (Å²) in [5.41, 5.74) is 0.844. The maximum absolute atomic E-state index is 14.1. The molecule has 0 radical (unpaired) electrons. The van der Waals surface area contributed by atoms with E-state index in [0.717, 1.165) is 10.8 Å². The van der Waals surface area contributed by atoms with E-state index in [1.165, 1.54) is 19.2 Å². The molecule has 0 saturated heterocycles. The molecule has 3 rings (SSSR count). The predicted molar refractivity (Wildman–Crippen MR) is 78.8 cm³/mol. The van der Waals surface area contributed by atoms with E-state index >= 15 is 0 Å². The fourth-order valence-corrected chi connectivity index (χ4v) is 2.40. The lowest BCUT2D eigenvalue weighted by Crippen LogP contribution is -2.04. The third-order valence-electron chi connectivity index (χ3n) is 3.51. The molecule has 1 atom stereocenters. The van der Waals surface area contributed by atoms with Crippen molar-refractivity contribution in [3.63, 3.8) is 0 Å². The molecule has 3 aromatic rings. The van der Waals surface area contributed by atoms with Crippen LogP contribution in [0.2, 0.25) is 0 Å². The Hall–Kier alpha value is -2.46. The van der Waals surface area contributed by atoms with Gasteiger partial charge >= 0.3 is 0 Å². The van der Waals surface area contributed by atoms with E-state index in [2.05, 4.69) is 4.98 Å². The van der Waals surface area contributed by atoms with E-state index in [1.807, 2.05) is 18.2 Å². The highest BCUT2D eigenvalue weighted by atomic mass is 19.1. The Labute approximate surface area is 121 Å². The Balaban J connectivity index is 2.10. The zero-order chi connectivity index (χ0) is 14.8. The number of nitrogens with zero attached hydrogens (tertiary/aromatic N) is 1. The Bertz CT molecular complexity index is 783. The topological polar surface area (TPSA) is 42.4 Å². The number of methoxy groups -OCH3 is 1. The molecular formula is C17H14FNO2. The van der Waals surface area contributed by atoms with Crippen LogP contribution in [0.5, 0.6) is 5.75 Å². The van der Waals surface area contributed by atoms with Crippen LogP contribution in [-0.4, -0.2) is 17.2 Å². The van der Waals surface area contributed by atoms with Gasteiger partial charge in [0.1, 0.15) is 17.7 Å². The summed E-state index contributed by atoms with van der Waals surface area (Å²) in [7, 11) is 1.47. The van der Waals surface area contributed by atoms with Gasteiger partial charge in [0.25, 0.3) is 0 Å². The van der Waals surface area contributed by atoms with Crippen molar-refractivity contribution in [3.05, 3.63) is 71.8 Å². The molecule has 106 valence electrons. The minimum atomic E-state index is -1.05. The Morgan fingerprint density at radius 1 is 1.14 bits per heavy atom. The summed E-state index contributed by atoms with van der Waals surface area (Å²) < 4.78 is 19.1. The van der Waals surface area contributed by atoms with E-state index in [0.29, 0.717) is 11.3 Å². The molecule has 0 aliphatic heterocycles. The van der Waals surface area contributed by atoms with Gasteiger partial charge in [-0.25, -0.2) is 4.39 Å². The van der Waals surface area contributed by atoms with Crippen LogP contribution < -0.4 is 4.74 Å². The van der Waals surface area contributed by atoms with Gasteiger partial charge in [0.2, 0.25) is 0 Å². The predicted octanol–water partition coefficient (Wildman–Crippen LogP) is 3.46. The molecule has 4 heteroatoms. The zero-order valence-corrected chi connectivity index (χ0v) is 11.5. The highest BCUT2D eigenvalue weighted by Gasteiger charge is 2.17. The van der Waals surface area contributed by atoms with Crippen molar-refractivity contribution < 1.29 is 14.2 Å². The standard InChI is InChI=1S/C17H14FNO2/c1-21-12-5-6-14(16(18)9-12)17(20)13-4-2-3-11-7-8-19-10-15(11)13/h2-10,17,20H,1H3. The first kappa shape index (κ1) is 13.5. The molecule has 0 bridgehead atoms. The monoisotopic (exact) mass is 283 g/mol. The molecule has 0 fully saturated rings. The number of ether oxygens (including phenoxy) is 1. The smallest absolute Gasteiger partial charge is 0.133 e. The van der Waals surface area contributed by atoms with Crippen LogP contribution in [0.3, 0.4) is 0 Å². The number of hydrogen-bond donors (Lipinski definition) is 1. The quantitative estimate of drug-likeness (QED) is 0.800. The van der Waals surface area contributed by atoms with Crippen LogP contribution in [0, 0.1) is 5.82 Å². The average Bonchev–Trinajstić information content (AvgIpc) is 2.53. The molecule has 21 heavy (non-hydrogen) atoms. The summed E-state index contributed by atoms with van der Waals surface area (Å²) in [4.78, 5) is 4.07. The van der Waals surface area contributed by atoms with Gasteiger partial charge in [-0.05, 0) is 29.1 Å². The number of rotatable bonds is 3. The maximum Gasteiger partial charge on any atom is 0.133 e. The summed E-state index contributed by atoms with van der Waals surface area (Å²) in [5, 5.41) is 12.3.